The summed E-state index contributed by atoms with van der Waals surface area (Å²) in [5, 5.41) is 10.3. The van der Waals surface area contributed by atoms with E-state index in [1.54, 1.807) is 0 Å². The number of hydrogen-bond acceptors (Lipinski definition) is 7. The predicted molar refractivity (Wildman–Crippen MR) is 76.8 cm³/mol. The van der Waals surface area contributed by atoms with Gasteiger partial charge in [-0.1, -0.05) is 0 Å². The van der Waals surface area contributed by atoms with Crippen LogP contribution in [0.1, 0.15) is 24.4 Å². The van der Waals surface area contributed by atoms with Gasteiger partial charge in [0, 0.05) is 17.8 Å². The number of carbonyl (C=O) groups is 2. The van der Waals surface area contributed by atoms with E-state index in [1.165, 1.54) is 17.7 Å². The molecule has 1 aliphatic carbocycles. The SMILES string of the molecule is COC(=O)C1(C(=O)OC)C[C@@H](n2cc(C)c(=O)[nH]c2=O)C[C@@H]1O. The van der Waals surface area contributed by atoms with Crippen LogP contribution >= 0.6 is 0 Å². The van der Waals surface area contributed by atoms with Crippen molar-refractivity contribution in [2.75, 3.05) is 14.2 Å². The molecular formula is C14H18N2O7. The Morgan fingerprint density at radius 3 is 2.39 bits per heavy atom. The third-order valence-electron chi connectivity index (χ3n) is 4.26. The lowest BCUT2D eigenvalue weighted by molar-refractivity contribution is -0.175. The molecule has 1 aliphatic rings. The fourth-order valence-electron chi connectivity index (χ4n) is 3.01. The average Bonchev–Trinajstić information content (AvgIpc) is 2.87. The minimum Gasteiger partial charge on any atom is -0.468 e. The second-order valence-corrected chi connectivity index (χ2v) is 5.54. The van der Waals surface area contributed by atoms with Crippen LogP contribution in [0.15, 0.2) is 15.8 Å². The average molecular weight is 326 g/mol. The van der Waals surface area contributed by atoms with Crippen LogP contribution in [0.25, 0.3) is 0 Å². The molecule has 0 spiro atoms. The summed E-state index contributed by atoms with van der Waals surface area (Å²) >= 11 is 0. The molecule has 0 unspecified atom stereocenters. The van der Waals surface area contributed by atoms with Crippen molar-refractivity contribution in [1.29, 1.82) is 0 Å². The molecule has 0 radical (unpaired) electrons. The van der Waals surface area contributed by atoms with Crippen molar-refractivity contribution in [3.63, 3.8) is 0 Å². The number of rotatable bonds is 3. The second kappa shape index (κ2) is 5.99. The van der Waals surface area contributed by atoms with Crippen molar-refractivity contribution in [1.82, 2.24) is 9.55 Å². The first-order valence-corrected chi connectivity index (χ1v) is 6.95. The van der Waals surface area contributed by atoms with Crippen molar-refractivity contribution in [2.45, 2.75) is 31.9 Å². The molecule has 1 fully saturated rings. The largest absolute Gasteiger partial charge is 0.468 e. The molecule has 23 heavy (non-hydrogen) atoms. The number of ether oxygens (including phenoxy) is 2. The maximum atomic E-state index is 12.1. The Kier molecular flexibility index (Phi) is 4.42. The van der Waals surface area contributed by atoms with Gasteiger partial charge in [-0.05, 0) is 19.8 Å². The van der Waals surface area contributed by atoms with E-state index in [-0.39, 0.29) is 12.8 Å². The molecule has 9 heteroatoms. The zero-order chi connectivity index (χ0) is 17.4. The third kappa shape index (κ3) is 2.56. The van der Waals surface area contributed by atoms with Gasteiger partial charge in [0.05, 0.1) is 20.3 Å². The molecule has 2 rings (SSSR count). The number of hydrogen-bond donors (Lipinski definition) is 2. The van der Waals surface area contributed by atoms with Crippen LogP contribution < -0.4 is 11.2 Å². The van der Waals surface area contributed by atoms with Crippen LogP contribution in [0.4, 0.5) is 0 Å². The minimum atomic E-state index is -1.89. The van der Waals surface area contributed by atoms with Gasteiger partial charge < -0.3 is 14.6 Å². The summed E-state index contributed by atoms with van der Waals surface area (Å²) in [6, 6.07) is -0.661. The van der Waals surface area contributed by atoms with Gasteiger partial charge >= 0.3 is 17.6 Å². The molecule has 1 heterocycles. The van der Waals surface area contributed by atoms with Crippen molar-refractivity contribution in [2.24, 2.45) is 5.41 Å². The summed E-state index contributed by atoms with van der Waals surface area (Å²) in [7, 11) is 2.20. The summed E-state index contributed by atoms with van der Waals surface area (Å²) in [6.45, 7) is 1.52. The lowest BCUT2D eigenvalue weighted by atomic mass is 9.84. The fourth-order valence-corrected chi connectivity index (χ4v) is 3.01. The van der Waals surface area contributed by atoms with Gasteiger partial charge in [0.1, 0.15) is 0 Å². The summed E-state index contributed by atoms with van der Waals surface area (Å²) in [6.07, 6.45) is -0.232. The van der Waals surface area contributed by atoms with Crippen LogP contribution in [0.2, 0.25) is 0 Å². The highest BCUT2D eigenvalue weighted by atomic mass is 16.5. The van der Waals surface area contributed by atoms with Gasteiger partial charge in [-0.15, -0.1) is 0 Å². The van der Waals surface area contributed by atoms with E-state index in [0.717, 1.165) is 14.2 Å². The summed E-state index contributed by atoms with van der Waals surface area (Å²) in [5.41, 5.74) is -2.79. The Bertz CT molecular complexity index is 732. The van der Waals surface area contributed by atoms with Gasteiger partial charge in [0.15, 0.2) is 5.41 Å². The number of aromatic nitrogens is 2. The number of aliphatic hydroxyl groups excluding tert-OH is 1. The highest BCUT2D eigenvalue weighted by Crippen LogP contribution is 2.45. The molecule has 0 saturated heterocycles. The lowest BCUT2D eigenvalue weighted by Gasteiger charge is -2.26. The fraction of sp³-hybridized carbons (Fsp3) is 0.571. The normalized spacial score (nSPS) is 22.6. The highest BCUT2D eigenvalue weighted by molar-refractivity contribution is 6.01. The molecule has 1 aromatic rings. The number of nitrogens with zero attached hydrogens (tertiary/aromatic N) is 1. The van der Waals surface area contributed by atoms with Gasteiger partial charge in [-0.3, -0.25) is 23.9 Å². The number of H-pyrrole nitrogens is 1. The van der Waals surface area contributed by atoms with Crippen LogP contribution in [0, 0.1) is 12.3 Å². The molecule has 0 aromatic carbocycles. The standard InChI is InChI=1S/C14H18N2O7/c1-7-6-16(13(21)15-10(7)18)8-4-9(17)14(5-8,11(19)22-2)12(20)23-3/h6,8-9,17H,4-5H2,1-3H3,(H,15,18,21)/t8-,9-/m0/s1. The summed E-state index contributed by atoms with van der Waals surface area (Å²) in [4.78, 5) is 49.8. The van der Waals surface area contributed by atoms with E-state index >= 15 is 0 Å². The predicted octanol–water partition coefficient (Wildman–Crippen LogP) is -1.13. The quantitative estimate of drug-likeness (QED) is 0.531. The Morgan fingerprint density at radius 2 is 1.87 bits per heavy atom. The monoisotopic (exact) mass is 326 g/mol. The Balaban J connectivity index is 2.49. The number of aliphatic hydroxyl groups is 1. The first-order valence-electron chi connectivity index (χ1n) is 6.95. The Labute approximate surface area is 130 Å². The first-order chi connectivity index (χ1) is 10.8. The Hall–Kier alpha value is -2.42. The Morgan fingerprint density at radius 1 is 1.30 bits per heavy atom. The minimum absolute atomic E-state index is 0.0322. The second-order valence-electron chi connectivity index (χ2n) is 5.54. The molecule has 126 valence electrons. The number of aromatic amines is 1. The van der Waals surface area contributed by atoms with Crippen molar-refractivity contribution >= 4 is 11.9 Å². The van der Waals surface area contributed by atoms with Gasteiger partial charge in [0.2, 0.25) is 0 Å². The van der Waals surface area contributed by atoms with E-state index in [1.807, 2.05) is 0 Å². The van der Waals surface area contributed by atoms with Crippen LogP contribution in [-0.2, 0) is 19.1 Å². The van der Waals surface area contributed by atoms with E-state index in [2.05, 4.69) is 14.5 Å². The number of esters is 2. The maximum absolute atomic E-state index is 12.1. The number of methoxy groups -OCH3 is 2. The zero-order valence-corrected chi connectivity index (χ0v) is 13.0. The number of carbonyl (C=O) groups excluding carboxylic acids is 2. The lowest BCUT2D eigenvalue weighted by Crippen LogP contribution is -2.47. The molecule has 0 bridgehead atoms. The molecule has 1 saturated carbocycles. The molecule has 2 atom stereocenters. The van der Waals surface area contributed by atoms with E-state index in [9.17, 15) is 24.3 Å². The molecule has 2 N–H and O–H groups in total. The van der Waals surface area contributed by atoms with Crippen molar-refractivity contribution in [3.8, 4) is 0 Å². The van der Waals surface area contributed by atoms with Gasteiger partial charge in [-0.25, -0.2) is 4.79 Å². The van der Waals surface area contributed by atoms with Crippen LogP contribution in [0.5, 0.6) is 0 Å². The van der Waals surface area contributed by atoms with E-state index in [0.29, 0.717) is 5.56 Å². The molecular weight excluding hydrogens is 308 g/mol. The molecule has 1 aromatic heterocycles. The molecule has 0 amide bonds. The number of aryl methyl sites for hydroxylation is 1. The highest BCUT2D eigenvalue weighted by Gasteiger charge is 2.60. The molecule has 0 aliphatic heterocycles. The first kappa shape index (κ1) is 16.9. The topological polar surface area (TPSA) is 128 Å². The van der Waals surface area contributed by atoms with Crippen molar-refractivity contribution < 1.29 is 24.2 Å². The van der Waals surface area contributed by atoms with Gasteiger partial charge in [-0.2, -0.15) is 0 Å². The summed E-state index contributed by atoms with van der Waals surface area (Å²) < 4.78 is 10.5. The number of nitrogens with one attached hydrogen (secondary N) is 1. The van der Waals surface area contributed by atoms with Crippen LogP contribution in [0.3, 0.4) is 0 Å². The third-order valence-corrected chi connectivity index (χ3v) is 4.26. The zero-order valence-electron chi connectivity index (χ0n) is 13.0. The van der Waals surface area contributed by atoms with Crippen LogP contribution in [-0.4, -0.2) is 46.9 Å². The summed E-state index contributed by atoms with van der Waals surface area (Å²) in [5.74, 6) is -1.85. The van der Waals surface area contributed by atoms with E-state index < -0.39 is 40.7 Å². The van der Waals surface area contributed by atoms with Crippen molar-refractivity contribution in [3.05, 3.63) is 32.6 Å². The van der Waals surface area contributed by atoms with E-state index in [4.69, 9.17) is 0 Å². The van der Waals surface area contributed by atoms with Gasteiger partial charge in [0.25, 0.3) is 5.56 Å². The maximum Gasteiger partial charge on any atom is 0.328 e. The molecule has 9 nitrogen and oxygen atoms in total. The smallest absolute Gasteiger partial charge is 0.328 e.